The molecule has 2 aliphatic heterocycles. The highest BCUT2D eigenvalue weighted by Gasteiger charge is 2.42. The molecule has 5 rings (SSSR count). The van der Waals surface area contributed by atoms with Crippen molar-refractivity contribution in [1.29, 1.82) is 0 Å². The molecule has 0 radical (unpaired) electrons. The summed E-state index contributed by atoms with van der Waals surface area (Å²) >= 11 is 0. The van der Waals surface area contributed by atoms with Gasteiger partial charge in [0.25, 0.3) is 0 Å². The average molecular weight is 415 g/mol. The third-order valence-electron chi connectivity index (χ3n) is 9.43. The second kappa shape index (κ2) is 9.20. The second-order valence-electron chi connectivity index (χ2n) is 11.1. The molecular formula is C26H42N2O2. The molecule has 2 heterocycles. The summed E-state index contributed by atoms with van der Waals surface area (Å²) in [7, 11) is 0. The number of piperidine rings is 2. The average Bonchev–Trinajstić information content (AvgIpc) is 2.82. The Labute approximate surface area is 183 Å². The van der Waals surface area contributed by atoms with Gasteiger partial charge in [0, 0.05) is 37.0 Å². The summed E-state index contributed by atoms with van der Waals surface area (Å²) in [5.74, 6) is 2.49. The molecule has 2 amide bonds. The molecule has 6 atom stereocenters. The fourth-order valence-electron chi connectivity index (χ4n) is 7.90. The van der Waals surface area contributed by atoms with Crippen molar-refractivity contribution in [1.82, 2.24) is 9.80 Å². The van der Waals surface area contributed by atoms with Crippen LogP contribution >= 0.6 is 0 Å². The van der Waals surface area contributed by atoms with Gasteiger partial charge in [-0.25, -0.2) is 0 Å². The number of hydrogen-bond acceptors (Lipinski definition) is 2. The van der Waals surface area contributed by atoms with E-state index in [1.54, 1.807) is 0 Å². The molecule has 4 heteroatoms. The highest BCUT2D eigenvalue weighted by atomic mass is 16.2. The Morgan fingerprint density at radius 2 is 0.933 bits per heavy atom. The molecule has 30 heavy (non-hydrogen) atoms. The van der Waals surface area contributed by atoms with E-state index in [2.05, 4.69) is 9.80 Å². The maximum Gasteiger partial charge on any atom is 0.225 e. The van der Waals surface area contributed by atoms with E-state index < -0.39 is 0 Å². The number of carbonyl (C=O) groups excluding carboxylic acids is 2. The van der Waals surface area contributed by atoms with Crippen molar-refractivity contribution in [3.63, 3.8) is 0 Å². The molecule has 6 unspecified atom stereocenters. The molecule has 0 aromatic rings. The number of fused-ring (bicyclic) bond motifs is 2. The van der Waals surface area contributed by atoms with E-state index in [1.165, 1.54) is 77.0 Å². The molecule has 3 saturated carbocycles. The molecule has 0 bridgehead atoms. The maximum atomic E-state index is 13.6. The number of rotatable bonds is 2. The van der Waals surface area contributed by atoms with Crippen molar-refractivity contribution in [3.8, 4) is 0 Å². The molecule has 5 aliphatic rings. The normalized spacial score (nSPS) is 39.7. The van der Waals surface area contributed by atoms with Crippen LogP contribution < -0.4 is 0 Å². The van der Waals surface area contributed by atoms with E-state index in [1.807, 2.05) is 0 Å². The first-order valence-electron chi connectivity index (χ1n) is 13.3. The van der Waals surface area contributed by atoms with Gasteiger partial charge in [0.15, 0.2) is 0 Å². The first kappa shape index (κ1) is 20.8. The molecule has 0 N–H and O–H groups in total. The summed E-state index contributed by atoms with van der Waals surface area (Å²) in [5, 5.41) is 0. The molecule has 0 aromatic heterocycles. The van der Waals surface area contributed by atoms with Crippen LogP contribution in [-0.4, -0.2) is 46.8 Å². The van der Waals surface area contributed by atoms with E-state index in [-0.39, 0.29) is 11.8 Å². The molecule has 0 spiro atoms. The van der Waals surface area contributed by atoms with Gasteiger partial charge in [0.1, 0.15) is 0 Å². The van der Waals surface area contributed by atoms with Crippen molar-refractivity contribution in [3.05, 3.63) is 0 Å². The number of nitrogens with zero attached hydrogens (tertiary/aromatic N) is 2. The molecule has 4 nitrogen and oxygen atoms in total. The lowest BCUT2D eigenvalue weighted by molar-refractivity contribution is -0.148. The summed E-state index contributed by atoms with van der Waals surface area (Å²) in [5.41, 5.74) is 0. The van der Waals surface area contributed by atoms with E-state index in [4.69, 9.17) is 0 Å². The van der Waals surface area contributed by atoms with E-state index in [0.29, 0.717) is 23.9 Å². The van der Waals surface area contributed by atoms with Crippen LogP contribution in [0.4, 0.5) is 0 Å². The fraction of sp³-hybridized carbons (Fsp3) is 0.923. The van der Waals surface area contributed by atoms with Crippen LogP contribution in [0.25, 0.3) is 0 Å². The minimum absolute atomic E-state index is 0.0975. The Morgan fingerprint density at radius 1 is 0.500 bits per heavy atom. The zero-order valence-electron chi connectivity index (χ0n) is 18.9. The fourth-order valence-corrected chi connectivity index (χ4v) is 7.90. The predicted molar refractivity (Wildman–Crippen MR) is 119 cm³/mol. The zero-order chi connectivity index (χ0) is 20.5. The predicted octanol–water partition coefficient (Wildman–Crippen LogP) is 5.16. The van der Waals surface area contributed by atoms with E-state index >= 15 is 0 Å². The number of hydrogen-bond donors (Lipinski definition) is 0. The van der Waals surface area contributed by atoms with Crippen molar-refractivity contribution >= 4 is 11.8 Å². The zero-order valence-corrected chi connectivity index (χ0v) is 18.9. The summed E-state index contributed by atoms with van der Waals surface area (Å²) in [6, 6.07) is 1.00. The molecule has 5 fully saturated rings. The van der Waals surface area contributed by atoms with Crippen molar-refractivity contribution in [2.24, 2.45) is 23.7 Å². The van der Waals surface area contributed by atoms with Crippen LogP contribution in [0, 0.1) is 23.7 Å². The SMILES string of the molecule is O=C(C1CCCC(C(=O)N2CCCC3CCCCC32)C1)N1CCCC2CCCCC21. The smallest absolute Gasteiger partial charge is 0.225 e. The van der Waals surface area contributed by atoms with Crippen LogP contribution in [0.3, 0.4) is 0 Å². The summed E-state index contributed by atoms with van der Waals surface area (Å²) < 4.78 is 0. The topological polar surface area (TPSA) is 40.6 Å². The van der Waals surface area contributed by atoms with Gasteiger partial charge in [-0.05, 0) is 82.5 Å². The van der Waals surface area contributed by atoms with Crippen molar-refractivity contribution in [2.45, 2.75) is 115 Å². The minimum atomic E-state index is 0.0975. The van der Waals surface area contributed by atoms with Gasteiger partial charge in [-0.2, -0.15) is 0 Å². The van der Waals surface area contributed by atoms with Crippen LogP contribution in [0.1, 0.15) is 103 Å². The van der Waals surface area contributed by atoms with Crippen molar-refractivity contribution < 1.29 is 9.59 Å². The molecule has 0 aromatic carbocycles. The first-order chi connectivity index (χ1) is 14.7. The Morgan fingerprint density at radius 3 is 1.43 bits per heavy atom. The van der Waals surface area contributed by atoms with Gasteiger partial charge >= 0.3 is 0 Å². The third kappa shape index (κ3) is 4.05. The standard InChI is InChI=1S/C26H42N2O2/c29-25(27-16-6-12-19-8-1-3-14-23(19)27)21-10-5-11-22(18-21)26(30)28-17-7-13-20-9-2-4-15-24(20)28/h19-24H,1-18H2. The monoisotopic (exact) mass is 414 g/mol. The van der Waals surface area contributed by atoms with Crippen LogP contribution in [-0.2, 0) is 9.59 Å². The highest BCUT2D eigenvalue weighted by Crippen LogP contribution is 2.40. The lowest BCUT2D eigenvalue weighted by Crippen LogP contribution is -2.54. The second-order valence-corrected chi connectivity index (χ2v) is 11.1. The Kier molecular flexibility index (Phi) is 6.39. The summed E-state index contributed by atoms with van der Waals surface area (Å²) in [4.78, 5) is 31.7. The number of carbonyl (C=O) groups is 2. The molecule has 3 aliphatic carbocycles. The number of amides is 2. The van der Waals surface area contributed by atoms with Crippen molar-refractivity contribution in [2.75, 3.05) is 13.1 Å². The van der Waals surface area contributed by atoms with Gasteiger partial charge in [-0.3, -0.25) is 9.59 Å². The Bertz CT molecular complexity index is 579. The van der Waals surface area contributed by atoms with Crippen LogP contribution in [0.5, 0.6) is 0 Å². The minimum Gasteiger partial charge on any atom is -0.339 e. The lowest BCUT2D eigenvalue weighted by Gasteiger charge is -2.47. The first-order valence-corrected chi connectivity index (χ1v) is 13.3. The summed E-state index contributed by atoms with van der Waals surface area (Å²) in [6.45, 7) is 1.93. The van der Waals surface area contributed by atoms with Gasteiger partial charge in [-0.1, -0.05) is 32.1 Å². The Balaban J connectivity index is 1.24. The van der Waals surface area contributed by atoms with Gasteiger partial charge in [0.2, 0.25) is 11.8 Å². The van der Waals surface area contributed by atoms with E-state index in [0.717, 1.165) is 50.6 Å². The molecular weight excluding hydrogens is 372 g/mol. The maximum absolute atomic E-state index is 13.6. The third-order valence-corrected chi connectivity index (χ3v) is 9.43. The van der Waals surface area contributed by atoms with Gasteiger partial charge in [0.05, 0.1) is 0 Å². The van der Waals surface area contributed by atoms with Crippen LogP contribution in [0.2, 0.25) is 0 Å². The van der Waals surface area contributed by atoms with Gasteiger partial charge < -0.3 is 9.80 Å². The lowest BCUT2D eigenvalue weighted by atomic mass is 9.75. The highest BCUT2D eigenvalue weighted by molar-refractivity contribution is 5.83. The van der Waals surface area contributed by atoms with Gasteiger partial charge in [-0.15, -0.1) is 0 Å². The Hall–Kier alpha value is -1.06. The van der Waals surface area contributed by atoms with Crippen LogP contribution in [0.15, 0.2) is 0 Å². The quantitative estimate of drug-likeness (QED) is 0.626. The molecule has 2 saturated heterocycles. The van der Waals surface area contributed by atoms with E-state index in [9.17, 15) is 9.59 Å². The number of likely N-dealkylation sites (tertiary alicyclic amines) is 2. The largest absolute Gasteiger partial charge is 0.339 e. The summed E-state index contributed by atoms with van der Waals surface area (Å²) in [6.07, 6.45) is 19.2. The molecule has 168 valence electrons.